The number of hydrogen-bond donors (Lipinski definition) is 2. The van der Waals surface area contributed by atoms with E-state index in [1.54, 1.807) is 6.07 Å². The van der Waals surface area contributed by atoms with E-state index >= 15 is 0 Å². The average Bonchev–Trinajstić information content (AvgIpc) is 2.67. The predicted octanol–water partition coefficient (Wildman–Crippen LogP) is 1.49. The van der Waals surface area contributed by atoms with Gasteiger partial charge in [0.15, 0.2) is 0 Å². The highest BCUT2D eigenvalue weighted by Gasteiger charge is 2.35. The minimum atomic E-state index is 0.428. The van der Waals surface area contributed by atoms with Gasteiger partial charge in [-0.1, -0.05) is 12.1 Å². The van der Waals surface area contributed by atoms with E-state index in [0.29, 0.717) is 17.7 Å². The lowest BCUT2D eigenvalue weighted by atomic mass is 9.93. The summed E-state index contributed by atoms with van der Waals surface area (Å²) in [6.45, 7) is 1.76. The Labute approximate surface area is 95.9 Å². The highest BCUT2D eigenvalue weighted by Crippen LogP contribution is 2.43. The number of anilines is 1. The summed E-state index contributed by atoms with van der Waals surface area (Å²) in [4.78, 5) is 2.37. The number of piperidine rings is 1. The number of aromatic hydroxyl groups is 1. The summed E-state index contributed by atoms with van der Waals surface area (Å²) in [7, 11) is 0. The number of rotatable bonds is 1. The van der Waals surface area contributed by atoms with Crippen molar-refractivity contribution in [2.75, 3.05) is 18.0 Å². The van der Waals surface area contributed by atoms with Crippen molar-refractivity contribution in [1.82, 2.24) is 0 Å². The smallest absolute Gasteiger partial charge is 0.139 e. The Bertz CT molecular complexity index is 405. The quantitative estimate of drug-likeness (QED) is 0.751. The minimum absolute atomic E-state index is 0.428. The second kappa shape index (κ2) is 3.67. The normalized spacial score (nSPS) is 27.7. The largest absolute Gasteiger partial charge is 0.506 e. The number of phenols is 1. The number of benzene rings is 1. The molecule has 1 aromatic rings. The Balaban J connectivity index is 1.95. The Morgan fingerprint density at radius 3 is 3.06 bits per heavy atom. The lowest BCUT2D eigenvalue weighted by molar-refractivity contribution is 0.368. The van der Waals surface area contributed by atoms with Crippen LogP contribution in [-0.2, 0) is 6.42 Å². The molecule has 3 rings (SSSR count). The Morgan fingerprint density at radius 2 is 2.25 bits per heavy atom. The van der Waals surface area contributed by atoms with Gasteiger partial charge >= 0.3 is 0 Å². The van der Waals surface area contributed by atoms with Crippen molar-refractivity contribution in [3.8, 4) is 5.75 Å². The van der Waals surface area contributed by atoms with Gasteiger partial charge < -0.3 is 15.7 Å². The van der Waals surface area contributed by atoms with Crippen LogP contribution in [0.3, 0.4) is 0 Å². The molecule has 2 aliphatic rings. The molecule has 2 aliphatic heterocycles. The van der Waals surface area contributed by atoms with Crippen LogP contribution >= 0.6 is 0 Å². The van der Waals surface area contributed by atoms with Crippen molar-refractivity contribution < 1.29 is 5.11 Å². The van der Waals surface area contributed by atoms with Gasteiger partial charge in [-0.3, -0.25) is 0 Å². The predicted molar refractivity (Wildman–Crippen MR) is 64.7 cm³/mol. The van der Waals surface area contributed by atoms with Gasteiger partial charge in [0.05, 0.1) is 5.69 Å². The fourth-order valence-electron chi connectivity index (χ4n) is 3.11. The van der Waals surface area contributed by atoms with Crippen molar-refractivity contribution in [3.05, 3.63) is 23.8 Å². The van der Waals surface area contributed by atoms with E-state index in [0.717, 1.165) is 25.2 Å². The molecule has 0 radical (unpaired) electrons. The van der Waals surface area contributed by atoms with Crippen LogP contribution in [0, 0.1) is 5.92 Å². The summed E-state index contributed by atoms with van der Waals surface area (Å²) in [5.74, 6) is 1.01. The van der Waals surface area contributed by atoms with Crippen LogP contribution < -0.4 is 10.6 Å². The molecule has 1 aromatic carbocycles. The Morgan fingerprint density at radius 1 is 1.38 bits per heavy atom. The molecule has 0 aliphatic carbocycles. The number of para-hydroxylation sites is 1. The Kier molecular flexibility index (Phi) is 2.28. The van der Waals surface area contributed by atoms with Crippen molar-refractivity contribution in [3.63, 3.8) is 0 Å². The van der Waals surface area contributed by atoms with Crippen LogP contribution in [0.25, 0.3) is 0 Å². The first-order valence-electron chi connectivity index (χ1n) is 6.07. The van der Waals surface area contributed by atoms with E-state index < -0.39 is 0 Å². The van der Waals surface area contributed by atoms with Crippen molar-refractivity contribution in [1.29, 1.82) is 0 Å². The van der Waals surface area contributed by atoms with Crippen LogP contribution in [0.2, 0.25) is 0 Å². The van der Waals surface area contributed by atoms with E-state index in [9.17, 15) is 5.11 Å². The molecular weight excluding hydrogens is 200 g/mol. The molecule has 3 heteroatoms. The van der Waals surface area contributed by atoms with Crippen LogP contribution in [0.5, 0.6) is 5.75 Å². The molecule has 0 bridgehead atoms. The van der Waals surface area contributed by atoms with Crippen molar-refractivity contribution >= 4 is 5.69 Å². The fourth-order valence-corrected chi connectivity index (χ4v) is 3.11. The third-order valence-electron chi connectivity index (χ3n) is 3.98. The molecule has 0 spiro atoms. The van der Waals surface area contributed by atoms with Gasteiger partial charge in [-0.15, -0.1) is 0 Å². The highest BCUT2D eigenvalue weighted by atomic mass is 16.3. The topological polar surface area (TPSA) is 49.5 Å². The average molecular weight is 218 g/mol. The maximum Gasteiger partial charge on any atom is 0.139 e. The number of nitrogens with zero attached hydrogens (tertiary/aromatic N) is 1. The van der Waals surface area contributed by atoms with Crippen LogP contribution in [0.1, 0.15) is 18.4 Å². The zero-order valence-corrected chi connectivity index (χ0v) is 9.39. The minimum Gasteiger partial charge on any atom is -0.506 e. The lowest BCUT2D eigenvalue weighted by Crippen LogP contribution is -2.43. The van der Waals surface area contributed by atoms with Gasteiger partial charge in [-0.05, 0) is 43.4 Å². The number of nitrogens with two attached hydrogens (primary N) is 1. The molecule has 0 aromatic heterocycles. The maximum absolute atomic E-state index is 9.96. The van der Waals surface area contributed by atoms with Crippen molar-refractivity contribution in [2.45, 2.75) is 25.3 Å². The van der Waals surface area contributed by atoms with Gasteiger partial charge in [-0.2, -0.15) is 0 Å². The van der Waals surface area contributed by atoms with Gasteiger partial charge in [0, 0.05) is 12.6 Å². The molecular formula is C13H18N2O. The molecule has 1 fully saturated rings. The van der Waals surface area contributed by atoms with Gasteiger partial charge in [0.1, 0.15) is 5.75 Å². The first-order chi connectivity index (χ1) is 7.79. The van der Waals surface area contributed by atoms with E-state index in [-0.39, 0.29) is 0 Å². The molecule has 0 amide bonds. The third-order valence-corrected chi connectivity index (χ3v) is 3.98. The zero-order chi connectivity index (χ0) is 11.1. The summed E-state index contributed by atoms with van der Waals surface area (Å²) in [6, 6.07) is 6.44. The summed E-state index contributed by atoms with van der Waals surface area (Å²) in [5.41, 5.74) is 8.11. The third kappa shape index (κ3) is 1.39. The summed E-state index contributed by atoms with van der Waals surface area (Å²) in [6.07, 6.45) is 3.52. The molecule has 16 heavy (non-hydrogen) atoms. The zero-order valence-electron chi connectivity index (χ0n) is 9.39. The van der Waals surface area contributed by atoms with E-state index in [2.05, 4.69) is 11.0 Å². The first kappa shape index (κ1) is 9.97. The van der Waals surface area contributed by atoms with Gasteiger partial charge in [-0.25, -0.2) is 0 Å². The second-order valence-corrected chi connectivity index (χ2v) is 4.97. The number of fused-ring (bicyclic) bond motifs is 3. The Hall–Kier alpha value is -1.22. The molecule has 2 unspecified atom stereocenters. The number of phenolic OH excluding ortho intramolecular Hbond substituents is 1. The fraction of sp³-hybridized carbons (Fsp3) is 0.538. The second-order valence-electron chi connectivity index (χ2n) is 4.97. The SMILES string of the molecule is NCC1CCC2Cc3cccc(O)c3N2C1. The molecule has 1 saturated heterocycles. The van der Waals surface area contributed by atoms with Crippen LogP contribution in [0.15, 0.2) is 18.2 Å². The molecule has 3 N–H and O–H groups in total. The van der Waals surface area contributed by atoms with E-state index in [1.807, 2.05) is 6.07 Å². The first-order valence-corrected chi connectivity index (χ1v) is 6.07. The lowest BCUT2D eigenvalue weighted by Gasteiger charge is -2.36. The highest BCUT2D eigenvalue weighted by molar-refractivity contribution is 5.68. The van der Waals surface area contributed by atoms with E-state index in [4.69, 9.17) is 5.73 Å². The summed E-state index contributed by atoms with van der Waals surface area (Å²) in [5, 5.41) is 9.96. The van der Waals surface area contributed by atoms with Crippen molar-refractivity contribution in [2.24, 2.45) is 11.7 Å². The van der Waals surface area contributed by atoms with Gasteiger partial charge in [0.25, 0.3) is 0 Å². The van der Waals surface area contributed by atoms with Gasteiger partial charge in [0.2, 0.25) is 0 Å². The monoisotopic (exact) mass is 218 g/mol. The summed E-state index contributed by atoms with van der Waals surface area (Å²) < 4.78 is 0. The standard InChI is InChI=1S/C13H18N2O/c14-7-9-4-5-11-6-10-2-1-3-12(16)13(10)15(11)8-9/h1-3,9,11,16H,4-8,14H2. The van der Waals surface area contributed by atoms with Crippen LogP contribution in [0.4, 0.5) is 5.69 Å². The molecule has 2 atom stereocenters. The molecule has 86 valence electrons. The summed E-state index contributed by atoms with van der Waals surface area (Å²) >= 11 is 0. The molecule has 0 saturated carbocycles. The van der Waals surface area contributed by atoms with Crippen LogP contribution in [-0.4, -0.2) is 24.2 Å². The maximum atomic E-state index is 9.96. The number of hydrogen-bond acceptors (Lipinski definition) is 3. The van der Waals surface area contributed by atoms with E-state index in [1.165, 1.54) is 18.4 Å². The molecule has 3 nitrogen and oxygen atoms in total. The molecule has 2 heterocycles.